The molecule has 1 aliphatic heterocycles. The Morgan fingerprint density at radius 2 is 1.93 bits per heavy atom. The van der Waals surface area contributed by atoms with Crippen LogP contribution in [0.5, 0.6) is 0 Å². The number of nitrogens with two attached hydrogens (primary N) is 1. The van der Waals surface area contributed by atoms with Gasteiger partial charge in [0.2, 0.25) is 11.3 Å². The molecule has 0 aromatic heterocycles. The molecule has 0 saturated heterocycles. The summed E-state index contributed by atoms with van der Waals surface area (Å²) in [5.41, 5.74) is 5.18. The molecular weight excluding hydrogens is 374 g/mol. The Balaban J connectivity index is 2.18. The molecule has 0 bridgehead atoms. The lowest BCUT2D eigenvalue weighted by Gasteiger charge is -2.50. The molecule has 2 aliphatic carbocycles. The first-order chi connectivity index (χ1) is 14.4. The van der Waals surface area contributed by atoms with Crippen LogP contribution in [-0.4, -0.2) is 12.5 Å². The predicted molar refractivity (Wildman–Crippen MR) is 111 cm³/mol. The van der Waals surface area contributed by atoms with Crippen LogP contribution in [0.4, 0.5) is 5.69 Å². The van der Waals surface area contributed by atoms with Crippen molar-refractivity contribution in [1.82, 2.24) is 0 Å². The number of anilines is 1. The number of carbonyl (C=O) groups is 1. The van der Waals surface area contributed by atoms with Crippen LogP contribution in [0.1, 0.15) is 38.7 Å². The highest BCUT2D eigenvalue weighted by molar-refractivity contribution is 6.11. The molecule has 0 saturated carbocycles. The van der Waals surface area contributed by atoms with Crippen molar-refractivity contribution in [3.05, 3.63) is 52.7 Å². The number of benzene rings is 1. The van der Waals surface area contributed by atoms with Gasteiger partial charge in [0.25, 0.3) is 0 Å². The molecule has 2 N–H and O–H groups in total. The Morgan fingerprint density at radius 3 is 2.57 bits per heavy atom. The minimum Gasteiger partial charge on any atom is -0.399 e. The number of amides is 1. The number of nitrogens with zero attached hydrogens (tertiary/aromatic N) is 4. The van der Waals surface area contributed by atoms with Gasteiger partial charge in [0, 0.05) is 18.2 Å². The molecular formula is C24H23N5O. The smallest absolute Gasteiger partial charge is 0.241 e. The minimum atomic E-state index is -1.95. The molecule has 0 fully saturated rings. The van der Waals surface area contributed by atoms with E-state index in [0.717, 1.165) is 18.5 Å². The van der Waals surface area contributed by atoms with Crippen LogP contribution in [0.15, 0.2) is 47.2 Å². The second-order valence-corrected chi connectivity index (χ2v) is 8.44. The molecule has 0 unspecified atom stereocenters. The lowest BCUT2D eigenvalue weighted by Crippen LogP contribution is -2.61. The Kier molecular flexibility index (Phi) is 4.44. The van der Waals surface area contributed by atoms with E-state index in [-0.39, 0.29) is 23.1 Å². The van der Waals surface area contributed by atoms with Gasteiger partial charge in [-0.2, -0.15) is 15.8 Å². The van der Waals surface area contributed by atoms with E-state index < -0.39 is 16.7 Å². The largest absolute Gasteiger partial charge is 0.399 e. The van der Waals surface area contributed by atoms with Gasteiger partial charge in [0.15, 0.2) is 0 Å². The van der Waals surface area contributed by atoms with E-state index in [1.54, 1.807) is 4.90 Å². The zero-order valence-corrected chi connectivity index (χ0v) is 17.1. The van der Waals surface area contributed by atoms with Crippen LogP contribution in [0.3, 0.4) is 0 Å². The molecule has 1 aromatic rings. The summed E-state index contributed by atoms with van der Waals surface area (Å²) in [6, 6.07) is 13.8. The van der Waals surface area contributed by atoms with Crippen molar-refractivity contribution in [1.29, 1.82) is 15.8 Å². The number of hydrogen-bond donors (Lipinski definition) is 1. The Bertz CT molecular complexity index is 1110. The summed E-state index contributed by atoms with van der Waals surface area (Å²) in [7, 11) is 0. The van der Waals surface area contributed by atoms with E-state index in [9.17, 15) is 20.6 Å². The molecule has 1 spiro atoms. The number of hydrogen-bond acceptors (Lipinski definition) is 5. The molecule has 150 valence electrons. The Morgan fingerprint density at radius 1 is 1.23 bits per heavy atom. The second-order valence-electron chi connectivity index (χ2n) is 8.44. The summed E-state index contributed by atoms with van der Waals surface area (Å²) in [6.45, 7) is 4.56. The third kappa shape index (κ3) is 2.08. The summed E-state index contributed by atoms with van der Waals surface area (Å²) < 4.78 is 0. The number of fused-ring (bicyclic) bond motifs is 4. The molecule has 30 heavy (non-hydrogen) atoms. The summed E-state index contributed by atoms with van der Waals surface area (Å²) in [5.74, 6) is -0.471. The van der Waals surface area contributed by atoms with Crippen LogP contribution in [0, 0.1) is 51.2 Å². The molecule has 4 rings (SSSR count). The maximum absolute atomic E-state index is 14.2. The third-order valence-corrected chi connectivity index (χ3v) is 6.93. The summed E-state index contributed by atoms with van der Waals surface area (Å²) in [4.78, 5) is 15.9. The zero-order chi connectivity index (χ0) is 21.7. The lowest BCUT2D eigenvalue weighted by molar-refractivity contribution is -0.127. The highest BCUT2D eigenvalue weighted by Gasteiger charge is 2.72. The minimum absolute atomic E-state index is 0.103. The summed E-state index contributed by atoms with van der Waals surface area (Å²) in [5, 5.41) is 30.6. The van der Waals surface area contributed by atoms with Crippen molar-refractivity contribution in [2.45, 2.75) is 38.5 Å². The molecule has 6 heteroatoms. The summed E-state index contributed by atoms with van der Waals surface area (Å²) in [6.07, 6.45) is 4.08. The number of allylic oxidation sites excluding steroid dienone is 4. The van der Waals surface area contributed by atoms with Crippen molar-refractivity contribution in [2.75, 3.05) is 11.4 Å². The van der Waals surface area contributed by atoms with Crippen molar-refractivity contribution >= 4 is 11.6 Å². The molecule has 6 nitrogen and oxygen atoms in total. The van der Waals surface area contributed by atoms with Gasteiger partial charge < -0.3 is 10.6 Å². The van der Waals surface area contributed by atoms with E-state index >= 15 is 0 Å². The van der Waals surface area contributed by atoms with Crippen LogP contribution in [0.2, 0.25) is 0 Å². The van der Waals surface area contributed by atoms with Gasteiger partial charge in [-0.25, -0.2) is 0 Å². The number of carbonyl (C=O) groups excluding carboxylic acids is 1. The highest BCUT2D eigenvalue weighted by Crippen LogP contribution is 2.64. The normalized spacial score (nSPS) is 28.8. The first-order valence-corrected chi connectivity index (χ1v) is 10.3. The van der Waals surface area contributed by atoms with Gasteiger partial charge >= 0.3 is 0 Å². The van der Waals surface area contributed by atoms with E-state index in [2.05, 4.69) is 25.1 Å². The number of rotatable bonds is 2. The highest BCUT2D eigenvalue weighted by atomic mass is 16.2. The van der Waals surface area contributed by atoms with Crippen molar-refractivity contribution in [3.8, 4) is 18.2 Å². The monoisotopic (exact) mass is 397 g/mol. The molecule has 0 radical (unpaired) electrons. The number of nitriles is 3. The van der Waals surface area contributed by atoms with Gasteiger partial charge in [0.05, 0.1) is 23.4 Å². The molecule has 3 atom stereocenters. The third-order valence-electron chi connectivity index (χ3n) is 6.93. The fraction of sp³-hybridized carbons (Fsp3) is 0.417. The first kappa shape index (κ1) is 19.7. The van der Waals surface area contributed by atoms with Crippen molar-refractivity contribution in [3.63, 3.8) is 0 Å². The fourth-order valence-electron chi connectivity index (χ4n) is 5.67. The Hall–Kier alpha value is -3.56. The van der Waals surface area contributed by atoms with E-state index in [4.69, 9.17) is 5.73 Å². The SMILES string of the molecule is CCCN1C(=O)[C@]2(c3ccccc31)[C@H]1C[C@H](C)CC=C1C(C#N)=C(N)C2(C#N)C#N. The quantitative estimate of drug-likeness (QED) is 0.820. The Labute approximate surface area is 176 Å². The zero-order valence-electron chi connectivity index (χ0n) is 17.1. The molecule has 3 aliphatic rings. The topological polar surface area (TPSA) is 118 Å². The maximum atomic E-state index is 14.2. The van der Waals surface area contributed by atoms with Crippen LogP contribution >= 0.6 is 0 Å². The average Bonchev–Trinajstić information content (AvgIpc) is 3.00. The second kappa shape index (κ2) is 6.75. The van der Waals surface area contributed by atoms with Gasteiger partial charge in [-0.1, -0.05) is 38.1 Å². The first-order valence-electron chi connectivity index (χ1n) is 10.3. The van der Waals surface area contributed by atoms with Crippen LogP contribution in [0.25, 0.3) is 0 Å². The molecule has 1 aromatic carbocycles. The van der Waals surface area contributed by atoms with E-state index in [0.29, 0.717) is 24.1 Å². The molecule has 1 amide bonds. The van der Waals surface area contributed by atoms with E-state index in [1.165, 1.54) is 0 Å². The van der Waals surface area contributed by atoms with Crippen LogP contribution < -0.4 is 10.6 Å². The van der Waals surface area contributed by atoms with Gasteiger partial charge in [-0.05, 0) is 42.4 Å². The summed E-state index contributed by atoms with van der Waals surface area (Å²) >= 11 is 0. The predicted octanol–water partition coefficient (Wildman–Crippen LogP) is 3.44. The van der Waals surface area contributed by atoms with Crippen molar-refractivity contribution in [2.24, 2.45) is 23.0 Å². The van der Waals surface area contributed by atoms with Gasteiger partial charge in [0.1, 0.15) is 11.5 Å². The van der Waals surface area contributed by atoms with Crippen LogP contribution in [-0.2, 0) is 10.2 Å². The standard InChI is InChI=1S/C24H23N5O/c1-3-10-29-20-7-5-4-6-18(20)24(22(29)30)19-11-15(2)8-9-16(19)17(12-25)21(28)23(24,13-26)14-27/h4-7,9,15,19H,3,8,10-11,28H2,1-2H3/t15-,19+,24+/m1/s1. The average molecular weight is 397 g/mol. The lowest BCUT2D eigenvalue weighted by atomic mass is 9.47. The van der Waals surface area contributed by atoms with Gasteiger partial charge in [-0.15, -0.1) is 0 Å². The van der Waals surface area contributed by atoms with Gasteiger partial charge in [-0.3, -0.25) is 4.79 Å². The van der Waals surface area contributed by atoms with Crippen molar-refractivity contribution < 1.29 is 4.79 Å². The van der Waals surface area contributed by atoms with E-state index in [1.807, 2.05) is 37.3 Å². The number of para-hydroxylation sites is 1. The molecule has 1 heterocycles. The maximum Gasteiger partial charge on any atom is 0.241 e. The fourth-order valence-corrected chi connectivity index (χ4v) is 5.67.